The van der Waals surface area contributed by atoms with Crippen molar-refractivity contribution in [1.29, 1.82) is 0 Å². The Labute approximate surface area is 219 Å². The zero-order chi connectivity index (χ0) is 26.4. The second kappa shape index (κ2) is 11.5. The van der Waals surface area contributed by atoms with Crippen molar-refractivity contribution in [3.05, 3.63) is 96.1 Å². The summed E-state index contributed by atoms with van der Waals surface area (Å²) in [6.45, 7) is 5.40. The van der Waals surface area contributed by atoms with Gasteiger partial charge in [-0.1, -0.05) is 84.9 Å². The molecule has 1 aliphatic heterocycles. The van der Waals surface area contributed by atoms with Gasteiger partial charge >= 0.3 is 6.09 Å². The van der Waals surface area contributed by atoms with Crippen LogP contribution in [0.5, 0.6) is 0 Å². The van der Waals surface area contributed by atoms with Crippen molar-refractivity contribution in [2.45, 2.75) is 64.5 Å². The molecule has 5 heteroatoms. The van der Waals surface area contributed by atoms with Gasteiger partial charge in [-0.05, 0) is 63.1 Å². The molecule has 1 unspecified atom stereocenters. The molecule has 0 aromatic heterocycles. The van der Waals surface area contributed by atoms with E-state index < -0.39 is 11.7 Å². The van der Waals surface area contributed by atoms with Gasteiger partial charge in [-0.25, -0.2) is 9.69 Å². The molecule has 1 saturated heterocycles. The molecule has 0 spiro atoms. The van der Waals surface area contributed by atoms with Crippen LogP contribution in [0.4, 0.5) is 4.79 Å². The lowest BCUT2D eigenvalue weighted by molar-refractivity contribution is -0.131. The van der Waals surface area contributed by atoms with Gasteiger partial charge in [-0.15, -0.1) is 0 Å². The Kier molecular flexibility index (Phi) is 8.22. The number of likely N-dealkylation sites (tertiary alicyclic amines) is 1. The Hall–Kier alpha value is -3.73. The van der Waals surface area contributed by atoms with Crippen LogP contribution in [-0.4, -0.2) is 34.3 Å². The average Bonchev–Trinajstić information content (AvgIpc) is 3.19. The molecule has 3 aromatic carbocycles. The van der Waals surface area contributed by atoms with Gasteiger partial charge < -0.3 is 4.74 Å². The quantitative estimate of drug-likeness (QED) is 0.311. The number of ether oxygens (including phenoxy) is 1. The smallest absolute Gasteiger partial charge is 0.417 e. The van der Waals surface area contributed by atoms with Gasteiger partial charge in [0.2, 0.25) is 5.91 Å². The van der Waals surface area contributed by atoms with Gasteiger partial charge in [0.25, 0.3) is 0 Å². The van der Waals surface area contributed by atoms with Crippen molar-refractivity contribution in [2.24, 2.45) is 5.92 Å². The van der Waals surface area contributed by atoms with Crippen LogP contribution < -0.4 is 0 Å². The number of benzene rings is 3. The Bertz CT molecular complexity index is 1210. The summed E-state index contributed by atoms with van der Waals surface area (Å²) in [4.78, 5) is 40.2. The van der Waals surface area contributed by atoms with E-state index in [2.05, 4.69) is 36.4 Å². The molecule has 0 bridgehead atoms. The number of carbonyl (C=O) groups is 3. The van der Waals surface area contributed by atoms with Crippen LogP contribution in [0.2, 0.25) is 0 Å². The minimum absolute atomic E-state index is 0.0742. The first-order valence-electron chi connectivity index (χ1n) is 13.0. The highest BCUT2D eigenvalue weighted by atomic mass is 16.6. The number of amides is 2. The number of carbonyl (C=O) groups excluding carboxylic acids is 3. The molecule has 1 fully saturated rings. The van der Waals surface area contributed by atoms with Gasteiger partial charge in [0.15, 0.2) is 5.78 Å². The number of ketones is 1. The maximum atomic E-state index is 13.4. The molecule has 0 aliphatic carbocycles. The van der Waals surface area contributed by atoms with E-state index in [9.17, 15) is 14.4 Å². The van der Waals surface area contributed by atoms with Crippen molar-refractivity contribution in [3.8, 4) is 11.1 Å². The molecule has 0 N–H and O–H groups in total. The van der Waals surface area contributed by atoms with E-state index in [0.29, 0.717) is 37.7 Å². The van der Waals surface area contributed by atoms with Gasteiger partial charge in [-0.2, -0.15) is 0 Å². The highest BCUT2D eigenvalue weighted by Gasteiger charge is 2.44. The van der Waals surface area contributed by atoms with Gasteiger partial charge in [0.05, 0.1) is 0 Å². The van der Waals surface area contributed by atoms with E-state index in [-0.39, 0.29) is 23.7 Å². The lowest BCUT2D eigenvalue weighted by atomic mass is 9.94. The number of Topliss-reactive ketones (excluding diaryl/α,β-unsaturated/α-hetero) is 1. The summed E-state index contributed by atoms with van der Waals surface area (Å²) >= 11 is 0. The van der Waals surface area contributed by atoms with Crippen molar-refractivity contribution in [3.63, 3.8) is 0 Å². The Morgan fingerprint density at radius 1 is 0.865 bits per heavy atom. The SMILES string of the molecule is CC(C)(C)OC(=O)N1C(=O)C(CCCC(=O)c2ccccc2)C[C@H]1Cc1ccc(-c2ccccc2)cc1. The average molecular weight is 498 g/mol. The number of hydrogen-bond acceptors (Lipinski definition) is 4. The molecule has 1 aliphatic rings. The third-order valence-electron chi connectivity index (χ3n) is 6.68. The predicted molar refractivity (Wildman–Crippen MR) is 145 cm³/mol. The highest BCUT2D eigenvalue weighted by molar-refractivity contribution is 5.97. The Balaban J connectivity index is 1.44. The fraction of sp³-hybridized carbons (Fsp3) is 0.344. The predicted octanol–water partition coefficient (Wildman–Crippen LogP) is 7.10. The number of rotatable bonds is 8. The van der Waals surface area contributed by atoms with Crippen molar-refractivity contribution in [1.82, 2.24) is 4.90 Å². The largest absolute Gasteiger partial charge is 0.443 e. The molecular formula is C32H35NO4. The lowest BCUT2D eigenvalue weighted by Gasteiger charge is -2.27. The second-order valence-electron chi connectivity index (χ2n) is 10.7. The summed E-state index contributed by atoms with van der Waals surface area (Å²) in [6.07, 6.45) is 2.10. The summed E-state index contributed by atoms with van der Waals surface area (Å²) < 4.78 is 5.60. The molecule has 1 heterocycles. The van der Waals surface area contributed by atoms with E-state index in [4.69, 9.17) is 4.74 Å². The van der Waals surface area contributed by atoms with E-state index >= 15 is 0 Å². The van der Waals surface area contributed by atoms with E-state index in [1.807, 2.05) is 48.5 Å². The van der Waals surface area contributed by atoms with Crippen LogP contribution in [0, 0.1) is 5.92 Å². The minimum atomic E-state index is -0.695. The van der Waals surface area contributed by atoms with Crippen molar-refractivity contribution >= 4 is 17.8 Å². The molecule has 4 rings (SSSR count). The molecule has 5 nitrogen and oxygen atoms in total. The van der Waals surface area contributed by atoms with Crippen LogP contribution >= 0.6 is 0 Å². The fourth-order valence-corrected chi connectivity index (χ4v) is 4.89. The summed E-state index contributed by atoms with van der Waals surface area (Å²) in [6, 6.07) is 27.4. The minimum Gasteiger partial charge on any atom is -0.443 e. The Morgan fingerprint density at radius 2 is 1.46 bits per heavy atom. The standard InChI is InChI=1S/C32H35NO4/c1-32(2,3)37-31(36)33-28(21-23-17-19-25(20-18-23)24-11-6-4-7-12-24)22-27(30(33)35)15-10-16-29(34)26-13-8-5-9-14-26/h4-9,11-14,17-20,27-28H,10,15-16,21-22H2,1-3H3/t27?,28-/m1/s1. The number of nitrogens with zero attached hydrogens (tertiary/aromatic N) is 1. The van der Waals surface area contributed by atoms with E-state index in [1.54, 1.807) is 20.8 Å². The third-order valence-corrected chi connectivity index (χ3v) is 6.68. The summed E-state index contributed by atoms with van der Waals surface area (Å²) in [7, 11) is 0. The van der Waals surface area contributed by atoms with Gasteiger partial charge in [0, 0.05) is 23.9 Å². The molecule has 37 heavy (non-hydrogen) atoms. The monoisotopic (exact) mass is 497 g/mol. The van der Waals surface area contributed by atoms with E-state index in [1.165, 1.54) is 4.90 Å². The van der Waals surface area contributed by atoms with E-state index in [0.717, 1.165) is 16.7 Å². The molecule has 0 radical (unpaired) electrons. The fourth-order valence-electron chi connectivity index (χ4n) is 4.89. The number of hydrogen-bond donors (Lipinski definition) is 0. The second-order valence-corrected chi connectivity index (χ2v) is 10.7. The first-order chi connectivity index (χ1) is 17.7. The van der Waals surface area contributed by atoms with Crippen LogP contribution in [-0.2, 0) is 16.0 Å². The summed E-state index contributed by atoms with van der Waals surface area (Å²) in [5.41, 5.74) is 3.32. The molecule has 192 valence electrons. The van der Waals surface area contributed by atoms with Gasteiger partial charge in [0.1, 0.15) is 5.60 Å². The van der Waals surface area contributed by atoms with Crippen LogP contribution in [0.3, 0.4) is 0 Å². The first-order valence-corrected chi connectivity index (χ1v) is 13.0. The Morgan fingerprint density at radius 3 is 2.08 bits per heavy atom. The maximum Gasteiger partial charge on any atom is 0.417 e. The third kappa shape index (κ3) is 6.94. The normalized spacial score (nSPS) is 17.6. The van der Waals surface area contributed by atoms with Crippen molar-refractivity contribution < 1.29 is 19.1 Å². The number of imide groups is 1. The highest BCUT2D eigenvalue weighted by Crippen LogP contribution is 2.33. The zero-order valence-corrected chi connectivity index (χ0v) is 21.9. The molecule has 2 atom stereocenters. The van der Waals surface area contributed by atoms with Crippen LogP contribution in [0.25, 0.3) is 11.1 Å². The molecule has 2 amide bonds. The lowest BCUT2D eigenvalue weighted by Crippen LogP contribution is -2.43. The molecule has 3 aromatic rings. The first kappa shape index (κ1) is 26.3. The van der Waals surface area contributed by atoms with Crippen LogP contribution in [0.15, 0.2) is 84.9 Å². The zero-order valence-electron chi connectivity index (χ0n) is 21.9. The van der Waals surface area contributed by atoms with Crippen LogP contribution in [0.1, 0.15) is 62.4 Å². The topological polar surface area (TPSA) is 63.7 Å². The molecule has 0 saturated carbocycles. The van der Waals surface area contributed by atoms with Gasteiger partial charge in [-0.3, -0.25) is 9.59 Å². The maximum absolute atomic E-state index is 13.4. The molecular weight excluding hydrogens is 462 g/mol. The summed E-state index contributed by atoms with van der Waals surface area (Å²) in [5, 5.41) is 0. The van der Waals surface area contributed by atoms with Crippen molar-refractivity contribution in [2.75, 3.05) is 0 Å². The summed E-state index contributed by atoms with van der Waals surface area (Å²) in [5.74, 6) is -0.429.